The number of ether oxygens (including phenoxy) is 1. The van der Waals surface area contributed by atoms with Gasteiger partial charge < -0.3 is 19.9 Å². The van der Waals surface area contributed by atoms with Gasteiger partial charge in [-0.05, 0) is 48.5 Å². The van der Waals surface area contributed by atoms with E-state index in [0.717, 1.165) is 22.7 Å². The summed E-state index contributed by atoms with van der Waals surface area (Å²) in [6.45, 7) is 1.03. The molecule has 4 rings (SSSR count). The van der Waals surface area contributed by atoms with E-state index in [2.05, 4.69) is 9.97 Å². The van der Waals surface area contributed by atoms with E-state index in [1.54, 1.807) is 12.4 Å². The highest BCUT2D eigenvalue weighted by molar-refractivity contribution is 5.76. The van der Waals surface area contributed by atoms with Gasteiger partial charge in [-0.25, -0.2) is 14.6 Å². The SMILES string of the molecule is CN(Cc1ccc(Oc2ccc3nc[nH]c3c2)cc1)Cc1cccc(C(F)(F)F)c1.O=C(O)C(F)(F)F.O=C(O)C(F)(F)F. The van der Waals surface area contributed by atoms with Crippen LogP contribution in [0.2, 0.25) is 0 Å². The number of carboxylic acid groups (broad SMARTS) is 2. The molecule has 0 amide bonds. The summed E-state index contributed by atoms with van der Waals surface area (Å²) in [5, 5.41) is 14.2. The fourth-order valence-electron chi connectivity index (χ4n) is 3.30. The predicted octanol–water partition coefficient (Wildman–Crippen LogP) is 7.27. The molecule has 0 aliphatic carbocycles. The average Bonchev–Trinajstić information content (AvgIpc) is 3.37. The van der Waals surface area contributed by atoms with Gasteiger partial charge in [0.05, 0.1) is 22.9 Å². The minimum Gasteiger partial charge on any atom is -0.475 e. The Bertz CT molecular complexity index is 1510. The van der Waals surface area contributed by atoms with Gasteiger partial charge in [0.15, 0.2) is 0 Å². The molecule has 17 heteroatoms. The number of carbonyl (C=O) groups is 2. The first-order valence-electron chi connectivity index (χ1n) is 11.9. The molecule has 0 saturated carbocycles. The summed E-state index contributed by atoms with van der Waals surface area (Å²) in [5.41, 5.74) is 2.83. The van der Waals surface area contributed by atoms with Crippen molar-refractivity contribution in [2.45, 2.75) is 31.6 Å². The van der Waals surface area contributed by atoms with Gasteiger partial charge in [0.1, 0.15) is 11.5 Å². The Morgan fingerprint density at radius 3 is 1.82 bits per heavy atom. The summed E-state index contributed by atoms with van der Waals surface area (Å²) >= 11 is 0. The van der Waals surface area contributed by atoms with Gasteiger partial charge in [-0.1, -0.05) is 30.3 Å². The Labute approximate surface area is 242 Å². The first-order chi connectivity index (χ1) is 20.3. The number of aromatic amines is 1. The quantitative estimate of drug-likeness (QED) is 0.190. The summed E-state index contributed by atoms with van der Waals surface area (Å²) < 4.78 is 108. The number of aliphatic carboxylic acids is 2. The number of hydrogen-bond donors (Lipinski definition) is 3. The number of nitrogens with zero attached hydrogens (tertiary/aromatic N) is 2. The van der Waals surface area contributed by atoms with Crippen molar-refractivity contribution < 1.29 is 64.1 Å². The van der Waals surface area contributed by atoms with Gasteiger partial charge in [0.25, 0.3) is 0 Å². The van der Waals surface area contributed by atoms with Crippen LogP contribution >= 0.6 is 0 Å². The standard InChI is InChI=1S/C23H20F3N3O.2C2HF3O2/c1-29(14-17-3-2-4-18(11-17)23(24,25)26)13-16-5-7-19(8-6-16)30-20-9-10-21-22(12-20)28-15-27-21;2*3-2(4,5)1(6)7/h2-12,15H,13-14H2,1H3,(H,27,28);2*(H,6,7). The predicted molar refractivity (Wildman–Crippen MR) is 137 cm³/mol. The highest BCUT2D eigenvalue weighted by Crippen LogP contribution is 2.30. The zero-order valence-corrected chi connectivity index (χ0v) is 22.3. The van der Waals surface area contributed by atoms with Gasteiger partial charge >= 0.3 is 30.5 Å². The van der Waals surface area contributed by atoms with E-state index >= 15 is 0 Å². The van der Waals surface area contributed by atoms with E-state index in [-0.39, 0.29) is 0 Å². The number of nitrogens with one attached hydrogen (secondary N) is 1. The third kappa shape index (κ3) is 11.8. The number of rotatable bonds is 6. The third-order valence-corrected chi connectivity index (χ3v) is 5.20. The van der Waals surface area contributed by atoms with Crippen LogP contribution in [-0.4, -0.2) is 56.4 Å². The van der Waals surface area contributed by atoms with Crippen LogP contribution in [0.4, 0.5) is 39.5 Å². The van der Waals surface area contributed by atoms with Crippen LogP contribution in [0, 0.1) is 0 Å². The molecule has 0 fully saturated rings. The van der Waals surface area contributed by atoms with E-state index in [4.69, 9.17) is 24.5 Å². The summed E-state index contributed by atoms with van der Waals surface area (Å²) in [5.74, 6) is -4.10. The minimum absolute atomic E-state index is 0.423. The molecule has 1 aromatic heterocycles. The first-order valence-corrected chi connectivity index (χ1v) is 11.9. The number of halogens is 9. The van der Waals surface area contributed by atoms with Crippen molar-refractivity contribution in [1.82, 2.24) is 14.9 Å². The molecule has 0 saturated heterocycles. The Kier molecular flexibility index (Phi) is 11.7. The molecular formula is C27H22F9N3O5. The maximum absolute atomic E-state index is 12.9. The molecule has 0 aliphatic rings. The molecule has 0 spiro atoms. The fourth-order valence-corrected chi connectivity index (χ4v) is 3.30. The molecule has 0 atom stereocenters. The largest absolute Gasteiger partial charge is 0.490 e. The maximum atomic E-state index is 12.9. The van der Waals surface area contributed by atoms with Crippen molar-refractivity contribution in [3.63, 3.8) is 0 Å². The van der Waals surface area contributed by atoms with Gasteiger partial charge in [0, 0.05) is 19.2 Å². The molecule has 1 heterocycles. The lowest BCUT2D eigenvalue weighted by Crippen LogP contribution is -2.21. The normalized spacial score (nSPS) is 11.7. The molecule has 0 bridgehead atoms. The summed E-state index contributed by atoms with van der Waals surface area (Å²) in [4.78, 5) is 27.0. The number of aromatic nitrogens is 2. The van der Waals surface area contributed by atoms with Crippen LogP contribution in [0.5, 0.6) is 11.5 Å². The second-order valence-electron chi connectivity index (χ2n) is 8.80. The van der Waals surface area contributed by atoms with Crippen LogP contribution in [0.25, 0.3) is 11.0 Å². The van der Waals surface area contributed by atoms with Crippen LogP contribution in [-0.2, 0) is 28.9 Å². The van der Waals surface area contributed by atoms with Crippen molar-refractivity contribution in [2.24, 2.45) is 0 Å². The summed E-state index contributed by atoms with van der Waals surface area (Å²) in [7, 11) is 1.88. The molecule has 4 aromatic rings. The van der Waals surface area contributed by atoms with Crippen molar-refractivity contribution in [3.05, 3.63) is 89.7 Å². The first kappa shape index (κ1) is 35.4. The average molecular weight is 639 g/mol. The molecule has 8 nitrogen and oxygen atoms in total. The second-order valence-corrected chi connectivity index (χ2v) is 8.80. The number of carboxylic acids is 2. The molecule has 238 valence electrons. The Balaban J connectivity index is 0.000000402. The molecule has 44 heavy (non-hydrogen) atoms. The highest BCUT2D eigenvalue weighted by atomic mass is 19.4. The highest BCUT2D eigenvalue weighted by Gasteiger charge is 2.39. The Hall–Kier alpha value is -4.80. The third-order valence-electron chi connectivity index (χ3n) is 5.20. The van der Waals surface area contributed by atoms with E-state index < -0.39 is 36.0 Å². The molecule has 0 unspecified atom stereocenters. The topological polar surface area (TPSA) is 116 Å². The number of H-pyrrole nitrogens is 1. The zero-order valence-electron chi connectivity index (χ0n) is 22.3. The smallest absolute Gasteiger partial charge is 0.475 e. The lowest BCUT2D eigenvalue weighted by atomic mass is 10.1. The molecule has 3 aromatic carbocycles. The lowest BCUT2D eigenvalue weighted by molar-refractivity contribution is -0.193. The maximum Gasteiger partial charge on any atom is 0.490 e. The number of alkyl halides is 9. The summed E-state index contributed by atoms with van der Waals surface area (Å²) in [6.07, 6.45) is -12.9. The van der Waals surface area contributed by atoms with E-state index in [9.17, 15) is 39.5 Å². The second kappa shape index (κ2) is 14.6. The monoisotopic (exact) mass is 639 g/mol. The Morgan fingerprint density at radius 1 is 0.773 bits per heavy atom. The van der Waals surface area contributed by atoms with Gasteiger partial charge in [-0.3, -0.25) is 4.90 Å². The zero-order chi connectivity index (χ0) is 33.3. The van der Waals surface area contributed by atoms with E-state index in [1.807, 2.05) is 54.4 Å². The fraction of sp³-hybridized carbons (Fsp3) is 0.222. The van der Waals surface area contributed by atoms with Crippen LogP contribution in [0.1, 0.15) is 16.7 Å². The Morgan fingerprint density at radius 2 is 1.30 bits per heavy atom. The molecule has 3 N–H and O–H groups in total. The van der Waals surface area contributed by atoms with Crippen molar-refractivity contribution >= 4 is 23.0 Å². The van der Waals surface area contributed by atoms with E-state index in [1.165, 1.54) is 12.1 Å². The van der Waals surface area contributed by atoms with Gasteiger partial charge in [-0.2, -0.15) is 39.5 Å². The number of benzene rings is 3. The van der Waals surface area contributed by atoms with Crippen molar-refractivity contribution in [2.75, 3.05) is 7.05 Å². The van der Waals surface area contributed by atoms with Crippen molar-refractivity contribution in [3.8, 4) is 11.5 Å². The number of fused-ring (bicyclic) bond motifs is 1. The molecule has 0 radical (unpaired) electrons. The van der Waals surface area contributed by atoms with Crippen LogP contribution in [0.15, 0.2) is 73.1 Å². The van der Waals surface area contributed by atoms with E-state index in [0.29, 0.717) is 30.2 Å². The number of hydrogen-bond acceptors (Lipinski definition) is 5. The summed E-state index contributed by atoms with van der Waals surface area (Å²) in [6, 6.07) is 18.7. The van der Waals surface area contributed by atoms with Gasteiger partial charge in [-0.15, -0.1) is 0 Å². The molecule has 0 aliphatic heterocycles. The lowest BCUT2D eigenvalue weighted by Gasteiger charge is -2.18. The van der Waals surface area contributed by atoms with Gasteiger partial charge in [0.2, 0.25) is 0 Å². The minimum atomic E-state index is -5.08. The van der Waals surface area contributed by atoms with Crippen LogP contribution < -0.4 is 4.74 Å². The molecular weight excluding hydrogens is 617 g/mol. The number of imidazole rings is 1. The van der Waals surface area contributed by atoms with Crippen molar-refractivity contribution in [1.29, 1.82) is 0 Å². The van der Waals surface area contributed by atoms with Crippen LogP contribution in [0.3, 0.4) is 0 Å².